The molecule has 0 amide bonds. The van der Waals surface area contributed by atoms with E-state index in [1.165, 1.54) is 5.69 Å². The van der Waals surface area contributed by atoms with Gasteiger partial charge in [-0.2, -0.15) is 0 Å². The summed E-state index contributed by atoms with van der Waals surface area (Å²) in [5.41, 5.74) is 2.23. The van der Waals surface area contributed by atoms with Gasteiger partial charge in [0, 0.05) is 32.9 Å². The maximum Gasteiger partial charge on any atom is 0.0633 e. The van der Waals surface area contributed by atoms with Crippen molar-refractivity contribution in [2.75, 3.05) is 5.32 Å². The maximum atomic E-state index is 5.96. The Labute approximate surface area is 122 Å². The lowest BCUT2D eigenvalue weighted by Gasteiger charge is -2.12. The van der Waals surface area contributed by atoms with Gasteiger partial charge in [-0.15, -0.1) is 0 Å². The highest BCUT2D eigenvalue weighted by atomic mass is 79.9. The summed E-state index contributed by atoms with van der Waals surface area (Å²) in [5, 5.41) is 4.08. The molecule has 0 saturated heterocycles. The van der Waals surface area contributed by atoms with E-state index in [1.54, 1.807) is 0 Å². The molecule has 0 atom stereocenters. The molecule has 1 heterocycles. The standard InChI is InChI=1S/C12H11Br2ClN2/c1-17-4-2-3-9(17)7-16-12-10(13)5-8(15)6-11(12)14/h2-6,16H,7H2,1H3. The molecule has 2 nitrogen and oxygen atoms in total. The Morgan fingerprint density at radius 3 is 2.47 bits per heavy atom. The van der Waals surface area contributed by atoms with E-state index in [-0.39, 0.29) is 0 Å². The highest BCUT2D eigenvalue weighted by molar-refractivity contribution is 9.11. The minimum atomic E-state index is 0.702. The van der Waals surface area contributed by atoms with Crippen LogP contribution in [0.2, 0.25) is 5.02 Å². The number of hydrogen-bond donors (Lipinski definition) is 1. The predicted molar refractivity (Wildman–Crippen MR) is 79.6 cm³/mol. The average molecular weight is 378 g/mol. The topological polar surface area (TPSA) is 17.0 Å². The van der Waals surface area contributed by atoms with E-state index in [2.05, 4.69) is 47.8 Å². The minimum Gasteiger partial charge on any atom is -0.378 e. The molecule has 1 N–H and O–H groups in total. The SMILES string of the molecule is Cn1cccc1CNc1c(Br)cc(Cl)cc1Br. The first-order chi connectivity index (χ1) is 8.08. The summed E-state index contributed by atoms with van der Waals surface area (Å²) in [6, 6.07) is 7.87. The Balaban J connectivity index is 2.17. The molecule has 0 aliphatic heterocycles. The lowest BCUT2D eigenvalue weighted by molar-refractivity contribution is 0.842. The highest BCUT2D eigenvalue weighted by Gasteiger charge is 2.07. The van der Waals surface area contributed by atoms with E-state index in [1.807, 2.05) is 31.4 Å². The van der Waals surface area contributed by atoms with Crippen molar-refractivity contribution in [1.82, 2.24) is 4.57 Å². The van der Waals surface area contributed by atoms with Crippen molar-refractivity contribution in [3.05, 3.63) is 50.1 Å². The third-order valence-electron chi connectivity index (χ3n) is 2.50. The molecule has 0 saturated carbocycles. The summed E-state index contributed by atoms with van der Waals surface area (Å²) >= 11 is 12.9. The summed E-state index contributed by atoms with van der Waals surface area (Å²) < 4.78 is 3.99. The highest BCUT2D eigenvalue weighted by Crippen LogP contribution is 2.34. The number of aromatic nitrogens is 1. The molecule has 0 spiro atoms. The normalized spacial score (nSPS) is 10.6. The van der Waals surface area contributed by atoms with Gasteiger partial charge in [0.05, 0.1) is 12.2 Å². The number of hydrogen-bond acceptors (Lipinski definition) is 1. The molecule has 0 unspecified atom stereocenters. The number of halogens is 3. The number of anilines is 1. The third kappa shape index (κ3) is 3.06. The number of nitrogens with one attached hydrogen (secondary N) is 1. The maximum absolute atomic E-state index is 5.96. The Hall–Kier alpha value is -0.450. The van der Waals surface area contributed by atoms with Crippen molar-refractivity contribution in [2.45, 2.75) is 6.54 Å². The summed E-state index contributed by atoms with van der Waals surface area (Å²) in [6.45, 7) is 0.766. The molecule has 0 fully saturated rings. The molecule has 0 radical (unpaired) electrons. The van der Waals surface area contributed by atoms with Crippen LogP contribution >= 0.6 is 43.5 Å². The van der Waals surface area contributed by atoms with Gasteiger partial charge in [0.1, 0.15) is 0 Å². The van der Waals surface area contributed by atoms with Gasteiger partial charge in [-0.05, 0) is 56.1 Å². The van der Waals surface area contributed by atoms with Crippen LogP contribution in [0.1, 0.15) is 5.69 Å². The Bertz CT molecular complexity index is 514. The quantitative estimate of drug-likeness (QED) is 0.811. The lowest BCUT2D eigenvalue weighted by atomic mass is 10.3. The fraction of sp³-hybridized carbons (Fsp3) is 0.167. The third-order valence-corrected chi connectivity index (χ3v) is 3.97. The number of rotatable bonds is 3. The second-order valence-corrected chi connectivity index (χ2v) is 5.85. The van der Waals surface area contributed by atoms with Crippen LogP contribution in [0.5, 0.6) is 0 Å². The van der Waals surface area contributed by atoms with Gasteiger partial charge in [0.2, 0.25) is 0 Å². The van der Waals surface area contributed by atoms with Gasteiger partial charge in [-0.25, -0.2) is 0 Å². The van der Waals surface area contributed by atoms with Crippen LogP contribution in [-0.2, 0) is 13.6 Å². The van der Waals surface area contributed by atoms with Crippen LogP contribution in [0.15, 0.2) is 39.4 Å². The van der Waals surface area contributed by atoms with Crippen molar-refractivity contribution in [2.24, 2.45) is 7.05 Å². The number of nitrogens with zero attached hydrogens (tertiary/aromatic N) is 1. The van der Waals surface area contributed by atoms with Gasteiger partial charge in [0.15, 0.2) is 0 Å². The van der Waals surface area contributed by atoms with E-state index in [0.29, 0.717) is 5.02 Å². The van der Waals surface area contributed by atoms with Gasteiger partial charge >= 0.3 is 0 Å². The van der Waals surface area contributed by atoms with Gasteiger partial charge in [0.25, 0.3) is 0 Å². The molecule has 90 valence electrons. The molecule has 5 heteroatoms. The molecule has 0 aliphatic carbocycles. The molecule has 1 aromatic heterocycles. The average Bonchev–Trinajstić information content (AvgIpc) is 2.62. The largest absolute Gasteiger partial charge is 0.378 e. The smallest absolute Gasteiger partial charge is 0.0633 e. The Morgan fingerprint density at radius 1 is 1.29 bits per heavy atom. The molecule has 2 rings (SSSR count). The monoisotopic (exact) mass is 376 g/mol. The fourth-order valence-corrected chi connectivity index (χ4v) is 3.52. The lowest BCUT2D eigenvalue weighted by Crippen LogP contribution is -2.04. The fourth-order valence-electron chi connectivity index (χ4n) is 1.57. The van der Waals surface area contributed by atoms with Crippen LogP contribution < -0.4 is 5.32 Å². The van der Waals surface area contributed by atoms with Gasteiger partial charge in [-0.3, -0.25) is 0 Å². The van der Waals surface area contributed by atoms with Crippen molar-refractivity contribution in [3.63, 3.8) is 0 Å². The second-order valence-electron chi connectivity index (χ2n) is 3.71. The molecule has 0 bridgehead atoms. The van der Waals surface area contributed by atoms with E-state index in [0.717, 1.165) is 21.2 Å². The zero-order valence-electron chi connectivity index (χ0n) is 9.17. The zero-order chi connectivity index (χ0) is 12.4. The predicted octanol–water partition coefficient (Wildman–Crippen LogP) is 4.82. The molecule has 17 heavy (non-hydrogen) atoms. The van der Waals surface area contributed by atoms with Gasteiger partial charge < -0.3 is 9.88 Å². The summed E-state index contributed by atoms with van der Waals surface area (Å²) in [4.78, 5) is 0. The van der Waals surface area contributed by atoms with Gasteiger partial charge in [-0.1, -0.05) is 11.6 Å². The van der Waals surface area contributed by atoms with E-state index in [4.69, 9.17) is 11.6 Å². The second kappa shape index (κ2) is 5.46. The number of benzene rings is 1. The Kier molecular flexibility index (Phi) is 4.17. The molecule has 2 aromatic rings. The molecule has 1 aromatic carbocycles. The van der Waals surface area contributed by atoms with Crippen LogP contribution in [0.4, 0.5) is 5.69 Å². The Morgan fingerprint density at radius 2 is 1.94 bits per heavy atom. The zero-order valence-corrected chi connectivity index (χ0v) is 13.1. The first kappa shape index (κ1) is 13.0. The van der Waals surface area contributed by atoms with Crippen molar-refractivity contribution in [1.29, 1.82) is 0 Å². The minimum absolute atomic E-state index is 0.702. The summed E-state index contributed by atoms with van der Waals surface area (Å²) in [7, 11) is 2.03. The van der Waals surface area contributed by atoms with E-state index < -0.39 is 0 Å². The van der Waals surface area contributed by atoms with Crippen LogP contribution in [-0.4, -0.2) is 4.57 Å². The van der Waals surface area contributed by atoms with Crippen LogP contribution in [0.25, 0.3) is 0 Å². The number of aryl methyl sites for hydroxylation is 1. The molecular weight excluding hydrogens is 367 g/mol. The van der Waals surface area contributed by atoms with Crippen molar-refractivity contribution < 1.29 is 0 Å². The van der Waals surface area contributed by atoms with Crippen LogP contribution in [0.3, 0.4) is 0 Å². The first-order valence-electron chi connectivity index (χ1n) is 5.06. The molecule has 0 aliphatic rings. The van der Waals surface area contributed by atoms with E-state index >= 15 is 0 Å². The van der Waals surface area contributed by atoms with E-state index in [9.17, 15) is 0 Å². The van der Waals surface area contributed by atoms with Crippen molar-refractivity contribution >= 4 is 49.1 Å². The van der Waals surface area contributed by atoms with Crippen molar-refractivity contribution in [3.8, 4) is 0 Å². The summed E-state index contributed by atoms with van der Waals surface area (Å²) in [6.07, 6.45) is 2.03. The molecular formula is C12H11Br2ClN2. The summed E-state index contributed by atoms with van der Waals surface area (Å²) in [5.74, 6) is 0. The van der Waals surface area contributed by atoms with Crippen LogP contribution in [0, 0.1) is 0 Å². The first-order valence-corrected chi connectivity index (χ1v) is 7.03.